The number of H-pyrrole nitrogens is 1. The molecule has 0 aliphatic carbocycles. The van der Waals surface area contributed by atoms with Crippen LogP contribution in [0.2, 0.25) is 0 Å². The lowest BCUT2D eigenvalue weighted by Crippen LogP contribution is -2.43. The van der Waals surface area contributed by atoms with Crippen molar-refractivity contribution in [2.24, 2.45) is 0 Å². The monoisotopic (exact) mass is 324 g/mol. The third kappa shape index (κ3) is 3.70. The Kier molecular flexibility index (Phi) is 4.95. The van der Waals surface area contributed by atoms with Crippen molar-refractivity contribution >= 4 is 0 Å². The van der Waals surface area contributed by atoms with Crippen molar-refractivity contribution in [3.05, 3.63) is 53.9 Å². The van der Waals surface area contributed by atoms with E-state index in [1.165, 1.54) is 69.5 Å². The van der Waals surface area contributed by atoms with Gasteiger partial charge in [-0.15, -0.1) is 0 Å². The van der Waals surface area contributed by atoms with E-state index in [1.807, 2.05) is 6.20 Å². The summed E-state index contributed by atoms with van der Waals surface area (Å²) in [5, 5.41) is 7.11. The van der Waals surface area contributed by atoms with E-state index in [-0.39, 0.29) is 0 Å². The number of rotatable bonds is 5. The van der Waals surface area contributed by atoms with E-state index in [0.717, 1.165) is 6.04 Å². The second kappa shape index (κ2) is 7.49. The Morgan fingerprint density at radius 3 is 2.83 bits per heavy atom. The fourth-order valence-corrected chi connectivity index (χ4v) is 4.34. The predicted molar refractivity (Wildman–Crippen MR) is 97.1 cm³/mol. The Hall–Kier alpha value is -1.65. The van der Waals surface area contributed by atoms with Gasteiger partial charge in [0.2, 0.25) is 0 Å². The molecule has 4 nitrogen and oxygen atoms in total. The Bertz CT molecular complexity index is 610. The first-order valence-electron chi connectivity index (χ1n) is 9.37. The van der Waals surface area contributed by atoms with Gasteiger partial charge in [0.1, 0.15) is 0 Å². The summed E-state index contributed by atoms with van der Waals surface area (Å²) in [6, 6.07) is 11.6. The largest absolute Gasteiger partial charge is 0.301 e. The van der Waals surface area contributed by atoms with Crippen LogP contribution in [0.4, 0.5) is 0 Å². The molecular formula is C20H28N4. The minimum atomic E-state index is 0.663. The number of benzene rings is 1. The lowest BCUT2D eigenvalue weighted by Gasteiger charge is -2.36. The first-order valence-corrected chi connectivity index (χ1v) is 9.37. The molecular weight excluding hydrogens is 296 g/mol. The fourth-order valence-electron chi connectivity index (χ4n) is 4.34. The molecule has 1 N–H and O–H groups in total. The summed E-state index contributed by atoms with van der Waals surface area (Å²) in [6.45, 7) is 6.16. The number of nitrogens with one attached hydrogen (secondary N) is 1. The molecule has 3 heterocycles. The number of nitrogens with zero attached hydrogens (tertiary/aromatic N) is 3. The molecule has 24 heavy (non-hydrogen) atoms. The van der Waals surface area contributed by atoms with Crippen LogP contribution in [0.3, 0.4) is 0 Å². The normalized spacial score (nSPS) is 26.0. The zero-order valence-electron chi connectivity index (χ0n) is 14.4. The molecule has 4 rings (SSSR count). The van der Waals surface area contributed by atoms with Gasteiger partial charge in [-0.1, -0.05) is 30.3 Å². The number of aromatic amines is 1. The van der Waals surface area contributed by atoms with Gasteiger partial charge in [0, 0.05) is 31.9 Å². The van der Waals surface area contributed by atoms with E-state index < -0.39 is 0 Å². The third-order valence-electron chi connectivity index (χ3n) is 5.77. The second-order valence-electron chi connectivity index (χ2n) is 7.34. The van der Waals surface area contributed by atoms with E-state index in [1.54, 1.807) is 0 Å². The number of hydrogen-bond acceptors (Lipinski definition) is 3. The summed E-state index contributed by atoms with van der Waals surface area (Å²) >= 11 is 0. The Balaban J connectivity index is 1.28. The molecule has 2 aliphatic heterocycles. The number of hydrogen-bond donors (Lipinski definition) is 1. The van der Waals surface area contributed by atoms with Gasteiger partial charge in [0.05, 0.1) is 6.20 Å². The second-order valence-corrected chi connectivity index (χ2v) is 7.34. The minimum absolute atomic E-state index is 0.663. The van der Waals surface area contributed by atoms with Gasteiger partial charge in [-0.3, -0.25) is 10.00 Å². The third-order valence-corrected chi connectivity index (χ3v) is 5.77. The van der Waals surface area contributed by atoms with Gasteiger partial charge in [-0.05, 0) is 55.8 Å². The molecule has 0 unspecified atom stereocenters. The van der Waals surface area contributed by atoms with E-state index in [2.05, 4.69) is 56.5 Å². The molecule has 128 valence electrons. The highest BCUT2D eigenvalue weighted by Gasteiger charge is 2.31. The van der Waals surface area contributed by atoms with Crippen molar-refractivity contribution in [2.75, 3.05) is 32.7 Å². The van der Waals surface area contributed by atoms with E-state index in [4.69, 9.17) is 0 Å². The van der Waals surface area contributed by atoms with Crippen LogP contribution in [0.5, 0.6) is 0 Å². The van der Waals surface area contributed by atoms with Gasteiger partial charge >= 0.3 is 0 Å². The summed E-state index contributed by atoms with van der Waals surface area (Å²) in [5.41, 5.74) is 2.84. The van der Waals surface area contributed by atoms with Crippen LogP contribution >= 0.6 is 0 Å². The molecule has 2 aliphatic rings. The topological polar surface area (TPSA) is 35.2 Å². The van der Waals surface area contributed by atoms with Crippen LogP contribution in [0, 0.1) is 0 Å². The quantitative estimate of drug-likeness (QED) is 0.918. The summed E-state index contributed by atoms with van der Waals surface area (Å²) < 4.78 is 0. The van der Waals surface area contributed by atoms with Crippen LogP contribution in [-0.4, -0.2) is 58.8 Å². The fraction of sp³-hybridized carbons (Fsp3) is 0.550. The van der Waals surface area contributed by atoms with E-state index in [9.17, 15) is 0 Å². The van der Waals surface area contributed by atoms with Gasteiger partial charge in [-0.25, -0.2) is 0 Å². The van der Waals surface area contributed by atoms with Crippen molar-refractivity contribution in [2.45, 2.75) is 37.6 Å². The molecule has 0 radical (unpaired) electrons. The zero-order valence-corrected chi connectivity index (χ0v) is 14.4. The highest BCUT2D eigenvalue weighted by atomic mass is 15.3. The van der Waals surface area contributed by atoms with Gasteiger partial charge in [0.25, 0.3) is 0 Å². The smallest absolute Gasteiger partial charge is 0.0522 e. The maximum absolute atomic E-state index is 4.13. The van der Waals surface area contributed by atoms with Crippen LogP contribution in [0.1, 0.15) is 36.3 Å². The SMILES string of the molecule is c1ccc(CCN2CC[C@H](N3CCC[C@H](c4cn[nH]c4)C3)C2)cc1. The Morgan fingerprint density at radius 2 is 2.00 bits per heavy atom. The van der Waals surface area contributed by atoms with Crippen molar-refractivity contribution in [1.82, 2.24) is 20.0 Å². The van der Waals surface area contributed by atoms with Gasteiger partial charge in [-0.2, -0.15) is 5.10 Å². The van der Waals surface area contributed by atoms with Crippen LogP contribution in [0.15, 0.2) is 42.7 Å². The molecule has 2 aromatic rings. The molecule has 0 bridgehead atoms. The lowest BCUT2D eigenvalue weighted by molar-refractivity contribution is 0.148. The van der Waals surface area contributed by atoms with Crippen molar-refractivity contribution in [3.63, 3.8) is 0 Å². The van der Waals surface area contributed by atoms with Crippen molar-refractivity contribution in [3.8, 4) is 0 Å². The van der Waals surface area contributed by atoms with Crippen molar-refractivity contribution < 1.29 is 0 Å². The standard InChI is InChI=1S/C20H28N4/c1-2-5-17(6-3-1)8-11-23-12-9-20(16-23)24-10-4-7-18(15-24)19-13-21-22-14-19/h1-3,5-6,13-14,18,20H,4,7-12,15-16H2,(H,21,22)/t18-,20-/m0/s1. The average molecular weight is 324 g/mol. The lowest BCUT2D eigenvalue weighted by atomic mass is 9.92. The zero-order chi connectivity index (χ0) is 16.2. The van der Waals surface area contributed by atoms with Crippen LogP contribution < -0.4 is 0 Å². The first kappa shape index (κ1) is 15.9. The first-order chi connectivity index (χ1) is 11.9. The maximum atomic E-state index is 4.13. The minimum Gasteiger partial charge on any atom is -0.301 e. The summed E-state index contributed by atoms with van der Waals surface area (Å²) in [6.07, 6.45) is 9.21. The highest BCUT2D eigenvalue weighted by Crippen LogP contribution is 2.29. The van der Waals surface area contributed by atoms with Gasteiger partial charge < -0.3 is 4.90 Å². The van der Waals surface area contributed by atoms with E-state index >= 15 is 0 Å². The van der Waals surface area contributed by atoms with E-state index in [0.29, 0.717) is 5.92 Å². The summed E-state index contributed by atoms with van der Waals surface area (Å²) in [5.74, 6) is 0.663. The Labute approximate surface area is 144 Å². The van der Waals surface area contributed by atoms with Crippen LogP contribution in [-0.2, 0) is 6.42 Å². The number of likely N-dealkylation sites (tertiary alicyclic amines) is 2. The number of aromatic nitrogens is 2. The average Bonchev–Trinajstić information content (AvgIpc) is 3.33. The van der Waals surface area contributed by atoms with Gasteiger partial charge in [0.15, 0.2) is 0 Å². The molecule has 2 atom stereocenters. The highest BCUT2D eigenvalue weighted by molar-refractivity contribution is 5.15. The molecule has 4 heteroatoms. The molecule has 0 amide bonds. The number of piperidine rings is 1. The van der Waals surface area contributed by atoms with Crippen molar-refractivity contribution in [1.29, 1.82) is 0 Å². The predicted octanol–water partition coefficient (Wildman–Crippen LogP) is 2.91. The van der Waals surface area contributed by atoms with Crippen LogP contribution in [0.25, 0.3) is 0 Å². The summed E-state index contributed by atoms with van der Waals surface area (Å²) in [4.78, 5) is 5.39. The maximum Gasteiger partial charge on any atom is 0.0522 e. The molecule has 1 aromatic heterocycles. The molecule has 0 spiro atoms. The molecule has 2 saturated heterocycles. The molecule has 2 fully saturated rings. The summed E-state index contributed by atoms with van der Waals surface area (Å²) in [7, 11) is 0. The molecule has 1 aromatic carbocycles. The molecule has 0 saturated carbocycles. The Morgan fingerprint density at radius 1 is 1.08 bits per heavy atom.